The molecule has 3 aliphatic heterocycles. The molecule has 3 fully saturated rings. The third-order valence-corrected chi connectivity index (χ3v) is 5.77. The summed E-state index contributed by atoms with van der Waals surface area (Å²) in [6.07, 6.45) is 3.91. The van der Waals surface area contributed by atoms with Crippen molar-refractivity contribution in [2.24, 2.45) is 0 Å². The number of hydrogen-bond donors (Lipinski definition) is 0. The van der Waals surface area contributed by atoms with Gasteiger partial charge in [-0.25, -0.2) is 0 Å². The number of nitrogens with zero attached hydrogens (tertiary/aromatic N) is 2. The van der Waals surface area contributed by atoms with Crippen molar-refractivity contribution in [3.05, 3.63) is 35.9 Å². The van der Waals surface area contributed by atoms with Crippen LogP contribution in [-0.2, 0) is 4.74 Å². The van der Waals surface area contributed by atoms with E-state index in [0.29, 0.717) is 6.04 Å². The zero-order valence-corrected chi connectivity index (χ0v) is 13.0. The molecule has 0 aromatic heterocycles. The molecule has 3 nitrogen and oxygen atoms in total. The molecule has 4 rings (SSSR count). The first-order valence-corrected chi connectivity index (χ1v) is 8.40. The molecule has 0 saturated carbocycles. The number of rotatable bonds is 2. The number of ether oxygens (including phenoxy) is 1. The summed E-state index contributed by atoms with van der Waals surface area (Å²) >= 11 is 0. The van der Waals surface area contributed by atoms with E-state index in [0.717, 1.165) is 19.3 Å². The highest BCUT2D eigenvalue weighted by Gasteiger charge is 2.46. The van der Waals surface area contributed by atoms with Gasteiger partial charge in [0, 0.05) is 37.3 Å². The first kappa shape index (κ1) is 13.7. The van der Waals surface area contributed by atoms with Gasteiger partial charge in [-0.15, -0.1) is 0 Å². The standard InChI is InChI=1S/C18H26N2O/c1-18(9-11-21-14-18)20-12-16-8-5-10-19(16)13-17(20)15-6-3-2-4-7-15/h2-4,6-7,16-17H,5,8-14H2,1H3. The maximum Gasteiger partial charge on any atom is 0.0648 e. The van der Waals surface area contributed by atoms with E-state index in [-0.39, 0.29) is 5.54 Å². The number of fused-ring (bicyclic) bond motifs is 1. The van der Waals surface area contributed by atoms with Gasteiger partial charge in [0.2, 0.25) is 0 Å². The molecule has 114 valence electrons. The van der Waals surface area contributed by atoms with Gasteiger partial charge in [0.25, 0.3) is 0 Å². The predicted octanol–water partition coefficient (Wildman–Crippen LogP) is 2.69. The summed E-state index contributed by atoms with van der Waals surface area (Å²) < 4.78 is 5.75. The first-order chi connectivity index (χ1) is 10.3. The van der Waals surface area contributed by atoms with Gasteiger partial charge in [0.15, 0.2) is 0 Å². The van der Waals surface area contributed by atoms with Crippen LogP contribution in [0.2, 0.25) is 0 Å². The lowest BCUT2D eigenvalue weighted by molar-refractivity contribution is -0.0279. The van der Waals surface area contributed by atoms with Crippen LogP contribution in [0.3, 0.4) is 0 Å². The Morgan fingerprint density at radius 1 is 1.19 bits per heavy atom. The molecule has 0 radical (unpaired) electrons. The topological polar surface area (TPSA) is 15.7 Å². The van der Waals surface area contributed by atoms with E-state index >= 15 is 0 Å². The van der Waals surface area contributed by atoms with Crippen LogP contribution in [0.15, 0.2) is 30.3 Å². The molecule has 3 aliphatic rings. The summed E-state index contributed by atoms with van der Waals surface area (Å²) in [4.78, 5) is 5.48. The van der Waals surface area contributed by atoms with Crippen LogP contribution in [-0.4, -0.2) is 54.2 Å². The van der Waals surface area contributed by atoms with Crippen LogP contribution in [0, 0.1) is 0 Å². The zero-order chi connectivity index (χ0) is 14.3. The predicted molar refractivity (Wildman–Crippen MR) is 84.3 cm³/mol. The van der Waals surface area contributed by atoms with E-state index < -0.39 is 0 Å². The molecule has 3 saturated heterocycles. The number of piperazine rings is 1. The van der Waals surface area contributed by atoms with Crippen LogP contribution in [0.5, 0.6) is 0 Å². The van der Waals surface area contributed by atoms with Crippen LogP contribution in [0.4, 0.5) is 0 Å². The monoisotopic (exact) mass is 286 g/mol. The maximum atomic E-state index is 5.75. The molecule has 3 unspecified atom stereocenters. The molecular weight excluding hydrogens is 260 g/mol. The molecule has 0 spiro atoms. The molecule has 21 heavy (non-hydrogen) atoms. The molecule has 1 aromatic rings. The van der Waals surface area contributed by atoms with Gasteiger partial charge < -0.3 is 4.74 Å². The molecule has 0 bridgehead atoms. The fraction of sp³-hybridized carbons (Fsp3) is 0.667. The zero-order valence-electron chi connectivity index (χ0n) is 13.0. The van der Waals surface area contributed by atoms with E-state index in [1.165, 1.54) is 44.5 Å². The average Bonchev–Trinajstić information content (AvgIpc) is 3.16. The van der Waals surface area contributed by atoms with Crippen LogP contribution < -0.4 is 0 Å². The van der Waals surface area contributed by atoms with Gasteiger partial charge in [-0.2, -0.15) is 0 Å². The second kappa shape index (κ2) is 5.38. The maximum absolute atomic E-state index is 5.75. The van der Waals surface area contributed by atoms with E-state index in [9.17, 15) is 0 Å². The van der Waals surface area contributed by atoms with Gasteiger partial charge in [0.05, 0.1) is 6.61 Å². The van der Waals surface area contributed by atoms with Gasteiger partial charge >= 0.3 is 0 Å². The van der Waals surface area contributed by atoms with Crippen LogP contribution in [0.25, 0.3) is 0 Å². The van der Waals surface area contributed by atoms with Crippen LogP contribution in [0.1, 0.15) is 37.8 Å². The minimum absolute atomic E-state index is 0.217. The van der Waals surface area contributed by atoms with Crippen molar-refractivity contribution in [2.45, 2.75) is 43.8 Å². The Kier molecular flexibility index (Phi) is 3.52. The summed E-state index contributed by atoms with van der Waals surface area (Å²) in [6.45, 7) is 7.89. The highest BCUT2D eigenvalue weighted by atomic mass is 16.5. The lowest BCUT2D eigenvalue weighted by atomic mass is 9.90. The minimum Gasteiger partial charge on any atom is -0.379 e. The molecule has 3 atom stereocenters. The van der Waals surface area contributed by atoms with Gasteiger partial charge in [-0.05, 0) is 38.3 Å². The Bertz CT molecular complexity index is 483. The molecule has 3 heterocycles. The van der Waals surface area contributed by atoms with Crippen molar-refractivity contribution in [2.75, 3.05) is 32.8 Å². The third-order valence-electron chi connectivity index (χ3n) is 5.77. The minimum atomic E-state index is 0.217. The summed E-state index contributed by atoms with van der Waals surface area (Å²) in [5.74, 6) is 0. The molecule has 3 heteroatoms. The van der Waals surface area contributed by atoms with Gasteiger partial charge in [0.1, 0.15) is 0 Å². The van der Waals surface area contributed by atoms with Gasteiger partial charge in [-0.1, -0.05) is 30.3 Å². The van der Waals surface area contributed by atoms with Crippen molar-refractivity contribution in [3.8, 4) is 0 Å². The Balaban J connectivity index is 1.66. The van der Waals surface area contributed by atoms with E-state index in [1.807, 2.05) is 0 Å². The summed E-state index contributed by atoms with van der Waals surface area (Å²) in [5, 5.41) is 0. The van der Waals surface area contributed by atoms with E-state index in [4.69, 9.17) is 4.74 Å². The Labute approximate surface area is 127 Å². The first-order valence-electron chi connectivity index (χ1n) is 8.40. The van der Waals surface area contributed by atoms with Crippen molar-refractivity contribution in [1.82, 2.24) is 9.80 Å². The van der Waals surface area contributed by atoms with E-state index in [1.54, 1.807) is 0 Å². The lowest BCUT2D eigenvalue weighted by Crippen LogP contribution is -2.59. The quantitative estimate of drug-likeness (QED) is 0.831. The number of hydrogen-bond acceptors (Lipinski definition) is 3. The molecular formula is C18H26N2O. The second-order valence-electron chi connectivity index (χ2n) is 7.17. The van der Waals surface area contributed by atoms with Crippen LogP contribution >= 0.6 is 0 Å². The Morgan fingerprint density at radius 2 is 2.05 bits per heavy atom. The SMILES string of the molecule is CC1(N2CC3CCCN3CC2c2ccccc2)CCOC1. The van der Waals surface area contributed by atoms with E-state index in [2.05, 4.69) is 47.1 Å². The second-order valence-corrected chi connectivity index (χ2v) is 7.17. The summed E-state index contributed by atoms with van der Waals surface area (Å²) in [6, 6.07) is 12.4. The fourth-order valence-corrected chi connectivity index (χ4v) is 4.46. The molecule has 0 amide bonds. The van der Waals surface area contributed by atoms with Crippen molar-refractivity contribution >= 4 is 0 Å². The fourth-order valence-electron chi connectivity index (χ4n) is 4.46. The Hall–Kier alpha value is -0.900. The smallest absolute Gasteiger partial charge is 0.0648 e. The molecule has 0 N–H and O–H groups in total. The average molecular weight is 286 g/mol. The third kappa shape index (κ3) is 2.41. The molecule has 0 aliphatic carbocycles. The van der Waals surface area contributed by atoms with Crippen molar-refractivity contribution < 1.29 is 4.74 Å². The highest BCUT2D eigenvalue weighted by molar-refractivity contribution is 5.22. The Morgan fingerprint density at radius 3 is 2.81 bits per heavy atom. The summed E-state index contributed by atoms with van der Waals surface area (Å²) in [5.41, 5.74) is 1.69. The lowest BCUT2D eigenvalue weighted by Gasteiger charge is -2.50. The normalized spacial score (nSPS) is 37.8. The van der Waals surface area contributed by atoms with Crippen molar-refractivity contribution in [3.63, 3.8) is 0 Å². The number of benzene rings is 1. The van der Waals surface area contributed by atoms with Gasteiger partial charge in [-0.3, -0.25) is 9.80 Å². The van der Waals surface area contributed by atoms with Crippen molar-refractivity contribution in [1.29, 1.82) is 0 Å². The summed E-state index contributed by atoms with van der Waals surface area (Å²) in [7, 11) is 0. The highest BCUT2D eigenvalue weighted by Crippen LogP contribution is 2.39. The molecule has 1 aromatic carbocycles. The largest absolute Gasteiger partial charge is 0.379 e.